The van der Waals surface area contributed by atoms with Crippen LogP contribution in [0.1, 0.15) is 82.3 Å². The van der Waals surface area contributed by atoms with Crippen LogP contribution in [0.15, 0.2) is 65.0 Å². The van der Waals surface area contributed by atoms with Crippen molar-refractivity contribution in [1.82, 2.24) is 5.32 Å². The fourth-order valence-electron chi connectivity index (χ4n) is 6.26. The predicted molar refractivity (Wildman–Crippen MR) is 153 cm³/mol. The van der Waals surface area contributed by atoms with Gasteiger partial charge in [0.25, 0.3) is 0 Å². The molecule has 212 valence electrons. The molecule has 3 aliphatic rings. The smallest absolute Gasteiger partial charge is 0.337 e. The minimum absolute atomic E-state index is 0.0107. The van der Waals surface area contributed by atoms with E-state index in [1.54, 1.807) is 14.2 Å². The van der Waals surface area contributed by atoms with Gasteiger partial charge in [0.05, 0.1) is 31.8 Å². The highest BCUT2D eigenvalue weighted by molar-refractivity contribution is 6.04. The fourth-order valence-corrected chi connectivity index (χ4v) is 6.26. The van der Waals surface area contributed by atoms with E-state index >= 15 is 0 Å². The third-order valence-electron chi connectivity index (χ3n) is 8.10. The molecule has 2 aliphatic carbocycles. The van der Waals surface area contributed by atoms with Gasteiger partial charge in [-0.1, -0.05) is 24.3 Å². The SMILES string of the molecule is COc1ccc([C@@H]2CC(=O)C3=C(C2)NC(C)=C(C(=O)OC2CCCC2)[C@@H]3c2ccccc2OC(C)C)cc1OC. The van der Waals surface area contributed by atoms with E-state index in [-0.39, 0.29) is 29.9 Å². The molecule has 2 atom stereocenters. The first-order chi connectivity index (χ1) is 19.3. The molecule has 0 amide bonds. The molecule has 0 radical (unpaired) electrons. The second kappa shape index (κ2) is 11.8. The summed E-state index contributed by atoms with van der Waals surface area (Å²) in [6.07, 6.45) is 4.69. The third kappa shape index (κ3) is 5.47. The Balaban J connectivity index is 1.57. The molecule has 5 rings (SSSR count). The van der Waals surface area contributed by atoms with Crippen molar-refractivity contribution in [2.45, 2.75) is 83.3 Å². The van der Waals surface area contributed by atoms with Gasteiger partial charge in [-0.05, 0) is 82.6 Å². The number of methoxy groups -OCH3 is 2. The van der Waals surface area contributed by atoms with Gasteiger partial charge >= 0.3 is 5.97 Å². The number of hydrogen-bond donors (Lipinski definition) is 1. The molecule has 0 bridgehead atoms. The summed E-state index contributed by atoms with van der Waals surface area (Å²) in [4.78, 5) is 27.8. The largest absolute Gasteiger partial charge is 0.493 e. The van der Waals surface area contributed by atoms with Gasteiger partial charge in [-0.25, -0.2) is 4.79 Å². The van der Waals surface area contributed by atoms with Crippen molar-refractivity contribution in [3.05, 3.63) is 76.1 Å². The highest BCUT2D eigenvalue weighted by atomic mass is 16.5. The molecule has 1 saturated carbocycles. The molecular weight excluding hydrogens is 506 g/mol. The van der Waals surface area contributed by atoms with Gasteiger partial charge in [-0.15, -0.1) is 0 Å². The first-order valence-electron chi connectivity index (χ1n) is 14.2. The van der Waals surface area contributed by atoms with E-state index < -0.39 is 5.92 Å². The number of Topliss-reactive ketones (excluding diaryl/α,β-unsaturated/α-hetero) is 1. The normalized spacial score (nSPS) is 21.3. The van der Waals surface area contributed by atoms with E-state index in [4.69, 9.17) is 18.9 Å². The van der Waals surface area contributed by atoms with Gasteiger partial charge in [-0.2, -0.15) is 0 Å². The van der Waals surface area contributed by atoms with E-state index in [1.807, 2.05) is 63.2 Å². The highest BCUT2D eigenvalue weighted by Crippen LogP contribution is 2.48. The molecule has 1 fully saturated rings. The van der Waals surface area contributed by atoms with Crippen LogP contribution < -0.4 is 19.5 Å². The predicted octanol–water partition coefficient (Wildman–Crippen LogP) is 6.34. The van der Waals surface area contributed by atoms with Crippen molar-refractivity contribution in [3.63, 3.8) is 0 Å². The summed E-state index contributed by atoms with van der Waals surface area (Å²) in [5, 5.41) is 3.46. The molecule has 1 heterocycles. The van der Waals surface area contributed by atoms with Crippen molar-refractivity contribution >= 4 is 11.8 Å². The summed E-state index contributed by atoms with van der Waals surface area (Å²) in [7, 11) is 3.22. The summed E-state index contributed by atoms with van der Waals surface area (Å²) in [6.45, 7) is 5.85. The van der Waals surface area contributed by atoms with Gasteiger partial charge < -0.3 is 24.3 Å². The number of dihydropyridines is 1. The summed E-state index contributed by atoms with van der Waals surface area (Å²) in [5.74, 6) is 0.994. The second-order valence-electron chi connectivity index (χ2n) is 11.1. The lowest BCUT2D eigenvalue weighted by Gasteiger charge is -2.37. The molecule has 0 unspecified atom stereocenters. The highest BCUT2D eigenvalue weighted by Gasteiger charge is 2.43. The zero-order valence-electron chi connectivity index (χ0n) is 24.0. The van der Waals surface area contributed by atoms with Crippen LogP contribution in [0.4, 0.5) is 0 Å². The molecule has 0 aromatic heterocycles. The van der Waals surface area contributed by atoms with E-state index in [9.17, 15) is 9.59 Å². The van der Waals surface area contributed by atoms with Crippen LogP contribution in [0.2, 0.25) is 0 Å². The first-order valence-corrected chi connectivity index (χ1v) is 14.2. The standard InChI is InChI=1S/C33H39NO6/c1-19(2)39-27-13-9-8-12-24(27)31-30(33(36)40-23-10-6-7-11-23)20(3)34-25-16-22(17-26(35)32(25)31)21-14-15-28(37-4)29(18-21)38-5/h8-9,12-15,18-19,22-23,31,34H,6-7,10-11,16-17H2,1-5H3/t22-,31-/m0/s1. The van der Waals surface area contributed by atoms with Crippen LogP contribution in [0.5, 0.6) is 17.2 Å². The monoisotopic (exact) mass is 545 g/mol. The third-order valence-corrected chi connectivity index (χ3v) is 8.10. The Hall–Kier alpha value is -3.74. The number of benzene rings is 2. The van der Waals surface area contributed by atoms with Crippen LogP contribution in [-0.4, -0.2) is 38.2 Å². The number of esters is 1. The maximum absolute atomic E-state index is 14.1. The molecule has 0 saturated heterocycles. The number of rotatable bonds is 8. The van der Waals surface area contributed by atoms with E-state index in [1.165, 1.54) is 0 Å². The van der Waals surface area contributed by atoms with E-state index in [2.05, 4.69) is 5.32 Å². The Morgan fingerprint density at radius 2 is 1.68 bits per heavy atom. The fraction of sp³-hybridized carbons (Fsp3) is 0.455. The summed E-state index contributed by atoms with van der Waals surface area (Å²) >= 11 is 0. The van der Waals surface area contributed by atoms with Crippen molar-refractivity contribution in [2.75, 3.05) is 14.2 Å². The van der Waals surface area contributed by atoms with Crippen molar-refractivity contribution in [1.29, 1.82) is 0 Å². The zero-order valence-corrected chi connectivity index (χ0v) is 24.0. The minimum atomic E-state index is -0.570. The minimum Gasteiger partial charge on any atom is -0.493 e. The van der Waals surface area contributed by atoms with Crippen LogP contribution >= 0.6 is 0 Å². The zero-order chi connectivity index (χ0) is 28.4. The summed E-state index contributed by atoms with van der Waals surface area (Å²) < 4.78 is 23.1. The number of carbonyl (C=O) groups is 2. The second-order valence-corrected chi connectivity index (χ2v) is 11.1. The van der Waals surface area contributed by atoms with Crippen LogP contribution in [0, 0.1) is 0 Å². The molecule has 0 spiro atoms. The van der Waals surface area contributed by atoms with Crippen molar-refractivity contribution < 1.29 is 28.5 Å². The number of carbonyl (C=O) groups excluding carboxylic acids is 2. The van der Waals surface area contributed by atoms with Gasteiger partial charge in [0, 0.05) is 29.0 Å². The maximum atomic E-state index is 14.1. The Bertz CT molecular complexity index is 1350. The Morgan fingerprint density at radius 1 is 0.950 bits per heavy atom. The Morgan fingerprint density at radius 3 is 2.38 bits per heavy atom. The van der Waals surface area contributed by atoms with Gasteiger partial charge in [0.15, 0.2) is 17.3 Å². The quantitative estimate of drug-likeness (QED) is 0.388. The first kappa shape index (κ1) is 27.8. The van der Waals surface area contributed by atoms with Crippen molar-refractivity contribution in [2.24, 2.45) is 0 Å². The topological polar surface area (TPSA) is 83.1 Å². The van der Waals surface area contributed by atoms with Gasteiger partial charge in [0.2, 0.25) is 0 Å². The molecule has 2 aromatic rings. The number of hydrogen-bond acceptors (Lipinski definition) is 7. The van der Waals surface area contributed by atoms with Gasteiger partial charge in [0.1, 0.15) is 11.9 Å². The molecular formula is C33H39NO6. The number of ether oxygens (including phenoxy) is 4. The van der Waals surface area contributed by atoms with Crippen LogP contribution in [-0.2, 0) is 14.3 Å². The number of para-hydroxylation sites is 1. The lowest BCUT2D eigenvalue weighted by atomic mass is 9.71. The summed E-state index contributed by atoms with van der Waals surface area (Å²) in [5.41, 5.74) is 4.49. The average Bonchev–Trinajstić information content (AvgIpc) is 3.44. The maximum Gasteiger partial charge on any atom is 0.337 e. The number of ketones is 1. The van der Waals surface area contributed by atoms with Crippen molar-refractivity contribution in [3.8, 4) is 17.2 Å². The molecule has 7 heteroatoms. The van der Waals surface area contributed by atoms with Gasteiger partial charge in [-0.3, -0.25) is 4.79 Å². The number of allylic oxidation sites excluding steroid dienone is 3. The molecule has 1 aliphatic heterocycles. The Kier molecular flexibility index (Phi) is 8.19. The van der Waals surface area contributed by atoms with Crippen LogP contribution in [0.25, 0.3) is 0 Å². The molecule has 40 heavy (non-hydrogen) atoms. The number of nitrogens with one attached hydrogen (secondary N) is 1. The molecule has 7 nitrogen and oxygen atoms in total. The molecule has 2 aromatic carbocycles. The van der Waals surface area contributed by atoms with Crippen LogP contribution in [0.3, 0.4) is 0 Å². The summed E-state index contributed by atoms with van der Waals surface area (Å²) in [6, 6.07) is 13.5. The average molecular weight is 546 g/mol. The lowest BCUT2D eigenvalue weighted by molar-refractivity contribution is -0.144. The molecule has 1 N–H and O–H groups in total. The van der Waals surface area contributed by atoms with E-state index in [0.717, 1.165) is 42.5 Å². The lowest BCUT2D eigenvalue weighted by Crippen LogP contribution is -2.36. The Labute approximate surface area is 236 Å². The van der Waals surface area contributed by atoms with E-state index in [0.29, 0.717) is 46.9 Å².